The first-order valence-corrected chi connectivity index (χ1v) is 4.38. The van der Waals surface area contributed by atoms with E-state index < -0.39 is 5.56 Å². The second-order valence-electron chi connectivity index (χ2n) is 2.14. The van der Waals surface area contributed by atoms with Crippen LogP contribution in [0.15, 0.2) is 17.5 Å². The second-order valence-corrected chi connectivity index (χ2v) is 3.45. The van der Waals surface area contributed by atoms with E-state index in [1.807, 2.05) is 5.38 Å². The lowest BCUT2D eigenvalue weighted by molar-refractivity contribution is 0.321. The molecule has 0 aliphatic carbocycles. The molecule has 1 aromatic heterocycles. The summed E-state index contributed by atoms with van der Waals surface area (Å²) in [6.45, 7) is 0. The van der Waals surface area contributed by atoms with Gasteiger partial charge in [-0.1, -0.05) is 11.6 Å². The Morgan fingerprint density at radius 3 is 3.27 bits per heavy atom. The van der Waals surface area contributed by atoms with E-state index in [1.165, 1.54) is 17.4 Å². The maximum absolute atomic E-state index is 9.32. The molecule has 0 aromatic carbocycles. The minimum atomic E-state index is -0.541. The SMILES string of the molecule is OC1=CC(Cl)Oc2sccc21. The van der Waals surface area contributed by atoms with Gasteiger partial charge in [0.1, 0.15) is 5.76 Å². The van der Waals surface area contributed by atoms with Crippen molar-refractivity contribution < 1.29 is 9.84 Å². The molecule has 1 aliphatic rings. The zero-order valence-corrected chi connectivity index (χ0v) is 7.02. The van der Waals surface area contributed by atoms with E-state index in [4.69, 9.17) is 16.3 Å². The number of aliphatic hydroxyl groups excluding tert-OH is 1. The largest absolute Gasteiger partial charge is 0.507 e. The van der Waals surface area contributed by atoms with E-state index in [-0.39, 0.29) is 5.76 Å². The first-order chi connectivity index (χ1) is 5.27. The molecular formula is C7H5ClO2S. The van der Waals surface area contributed by atoms with Crippen molar-refractivity contribution in [2.75, 3.05) is 0 Å². The van der Waals surface area contributed by atoms with Crippen LogP contribution in [0.1, 0.15) is 5.56 Å². The van der Waals surface area contributed by atoms with E-state index in [1.54, 1.807) is 6.07 Å². The highest BCUT2D eigenvalue weighted by Gasteiger charge is 2.19. The summed E-state index contributed by atoms with van der Waals surface area (Å²) in [7, 11) is 0. The minimum absolute atomic E-state index is 0.201. The monoisotopic (exact) mass is 188 g/mol. The summed E-state index contributed by atoms with van der Waals surface area (Å²) in [4.78, 5) is 0. The van der Waals surface area contributed by atoms with Crippen LogP contribution in [0.5, 0.6) is 5.06 Å². The van der Waals surface area contributed by atoms with Crippen LogP contribution in [-0.4, -0.2) is 10.7 Å². The van der Waals surface area contributed by atoms with Gasteiger partial charge in [0.05, 0.1) is 5.56 Å². The Labute approximate surface area is 72.7 Å². The highest BCUT2D eigenvalue weighted by molar-refractivity contribution is 7.12. The van der Waals surface area contributed by atoms with Gasteiger partial charge >= 0.3 is 0 Å². The quantitative estimate of drug-likeness (QED) is 0.635. The Morgan fingerprint density at radius 1 is 1.64 bits per heavy atom. The van der Waals surface area contributed by atoms with E-state index >= 15 is 0 Å². The first kappa shape index (κ1) is 7.00. The van der Waals surface area contributed by atoms with Crippen LogP contribution in [-0.2, 0) is 0 Å². The molecule has 1 aliphatic heterocycles. The number of hydrogen-bond acceptors (Lipinski definition) is 3. The Hall–Kier alpha value is -0.670. The molecule has 0 fully saturated rings. The minimum Gasteiger partial charge on any atom is -0.507 e. The highest BCUT2D eigenvalue weighted by Crippen LogP contribution is 2.35. The van der Waals surface area contributed by atoms with Crippen LogP contribution in [0, 0.1) is 0 Å². The number of hydrogen-bond donors (Lipinski definition) is 1. The number of halogens is 1. The van der Waals surface area contributed by atoms with Crippen molar-refractivity contribution in [2.45, 2.75) is 5.56 Å². The van der Waals surface area contributed by atoms with Crippen molar-refractivity contribution in [2.24, 2.45) is 0 Å². The number of rotatable bonds is 0. The van der Waals surface area contributed by atoms with Crippen LogP contribution in [0.25, 0.3) is 5.76 Å². The Morgan fingerprint density at radius 2 is 2.45 bits per heavy atom. The summed E-state index contributed by atoms with van der Waals surface area (Å²) in [5.74, 6) is 0.201. The Balaban J connectivity index is 2.50. The highest BCUT2D eigenvalue weighted by atomic mass is 35.5. The van der Waals surface area contributed by atoms with Crippen molar-refractivity contribution >= 4 is 28.7 Å². The predicted molar refractivity (Wildman–Crippen MR) is 45.2 cm³/mol. The topological polar surface area (TPSA) is 29.5 Å². The molecule has 0 radical (unpaired) electrons. The molecule has 0 spiro atoms. The lowest BCUT2D eigenvalue weighted by Crippen LogP contribution is -2.10. The molecule has 0 amide bonds. The Kier molecular flexibility index (Phi) is 1.55. The van der Waals surface area contributed by atoms with Crippen LogP contribution < -0.4 is 4.74 Å². The molecule has 1 N–H and O–H groups in total. The molecule has 0 bridgehead atoms. The van der Waals surface area contributed by atoms with Crippen LogP contribution in [0.4, 0.5) is 0 Å². The molecule has 1 unspecified atom stereocenters. The lowest BCUT2D eigenvalue weighted by Gasteiger charge is -2.14. The summed E-state index contributed by atoms with van der Waals surface area (Å²) in [6.07, 6.45) is 1.47. The smallest absolute Gasteiger partial charge is 0.195 e. The van der Waals surface area contributed by atoms with E-state index in [2.05, 4.69) is 0 Å². The van der Waals surface area contributed by atoms with E-state index in [0.29, 0.717) is 5.06 Å². The number of fused-ring (bicyclic) bond motifs is 1. The molecule has 0 saturated carbocycles. The van der Waals surface area contributed by atoms with Crippen molar-refractivity contribution in [1.29, 1.82) is 0 Å². The molecular weight excluding hydrogens is 184 g/mol. The maximum Gasteiger partial charge on any atom is 0.195 e. The van der Waals surface area contributed by atoms with Crippen LogP contribution in [0.2, 0.25) is 0 Å². The maximum atomic E-state index is 9.32. The number of alkyl halides is 1. The molecule has 58 valence electrons. The third-order valence-corrected chi connectivity index (χ3v) is 2.43. The van der Waals surface area contributed by atoms with Crippen LogP contribution in [0.3, 0.4) is 0 Å². The molecule has 0 saturated heterocycles. The molecule has 4 heteroatoms. The predicted octanol–water partition coefficient (Wildman–Crippen LogP) is 2.60. The zero-order valence-electron chi connectivity index (χ0n) is 5.45. The van der Waals surface area contributed by atoms with Crippen molar-refractivity contribution in [3.8, 4) is 5.06 Å². The fourth-order valence-corrected chi connectivity index (χ4v) is 1.97. The van der Waals surface area contributed by atoms with Gasteiger partial charge in [0.15, 0.2) is 10.6 Å². The normalized spacial score (nSPS) is 21.9. The van der Waals surface area contributed by atoms with E-state index in [0.717, 1.165) is 5.56 Å². The van der Waals surface area contributed by atoms with Gasteiger partial charge in [-0.15, -0.1) is 11.3 Å². The zero-order chi connectivity index (χ0) is 7.84. The van der Waals surface area contributed by atoms with Gasteiger partial charge in [0.2, 0.25) is 0 Å². The van der Waals surface area contributed by atoms with Gasteiger partial charge in [-0.25, -0.2) is 0 Å². The molecule has 2 heterocycles. The average Bonchev–Trinajstić information content (AvgIpc) is 2.34. The Bertz CT molecular complexity index is 305. The summed E-state index contributed by atoms with van der Waals surface area (Å²) < 4.78 is 5.19. The standard InChI is InChI=1S/C7H5ClO2S/c8-6-3-5(9)4-1-2-11-7(4)10-6/h1-3,6,9H. The second kappa shape index (κ2) is 2.43. The number of ether oxygens (including phenoxy) is 1. The fraction of sp³-hybridized carbons (Fsp3) is 0.143. The van der Waals surface area contributed by atoms with Crippen molar-refractivity contribution in [3.05, 3.63) is 23.1 Å². The first-order valence-electron chi connectivity index (χ1n) is 3.07. The molecule has 1 atom stereocenters. The summed E-state index contributed by atoms with van der Waals surface area (Å²) >= 11 is 7.07. The van der Waals surface area contributed by atoms with Crippen LogP contribution >= 0.6 is 22.9 Å². The average molecular weight is 189 g/mol. The van der Waals surface area contributed by atoms with Gasteiger partial charge in [-0.05, 0) is 11.4 Å². The number of aliphatic hydroxyl groups is 1. The van der Waals surface area contributed by atoms with Gasteiger partial charge in [-0.2, -0.15) is 0 Å². The van der Waals surface area contributed by atoms with Crippen molar-refractivity contribution in [3.63, 3.8) is 0 Å². The van der Waals surface area contributed by atoms with Gasteiger partial charge in [0, 0.05) is 6.08 Å². The number of thiophene rings is 1. The summed E-state index contributed by atoms with van der Waals surface area (Å²) in [5.41, 5.74) is 0.188. The molecule has 11 heavy (non-hydrogen) atoms. The molecule has 1 aromatic rings. The summed E-state index contributed by atoms with van der Waals surface area (Å²) in [5, 5.41) is 11.9. The van der Waals surface area contributed by atoms with E-state index in [9.17, 15) is 5.11 Å². The molecule has 2 nitrogen and oxygen atoms in total. The fourth-order valence-electron chi connectivity index (χ4n) is 0.927. The lowest BCUT2D eigenvalue weighted by atomic mass is 10.2. The van der Waals surface area contributed by atoms with Gasteiger partial charge < -0.3 is 9.84 Å². The van der Waals surface area contributed by atoms with Gasteiger partial charge in [-0.3, -0.25) is 0 Å². The summed E-state index contributed by atoms with van der Waals surface area (Å²) in [6, 6.07) is 1.80. The van der Waals surface area contributed by atoms with Crippen molar-refractivity contribution in [1.82, 2.24) is 0 Å². The molecule has 2 rings (SSSR count). The third-order valence-electron chi connectivity index (χ3n) is 1.41. The van der Waals surface area contributed by atoms with Gasteiger partial charge in [0.25, 0.3) is 0 Å². The third kappa shape index (κ3) is 1.10.